The second kappa shape index (κ2) is 8.90. The zero-order chi connectivity index (χ0) is 19.4. The molecular formula is C24H39KO3. The molecule has 0 aromatic carbocycles. The predicted octanol–water partition coefficient (Wildman–Crippen LogP) is 1.18. The fourth-order valence-corrected chi connectivity index (χ4v) is 8.76. The monoisotopic (exact) mass is 414 g/mol. The number of aliphatic hydroxyl groups is 1. The third-order valence-electron chi connectivity index (χ3n) is 10.2. The first kappa shape index (κ1) is 23.7. The topological polar surface area (TPSA) is 60.4 Å². The van der Waals surface area contributed by atoms with Crippen molar-refractivity contribution < 1.29 is 66.4 Å². The van der Waals surface area contributed by atoms with Crippen molar-refractivity contribution in [3.05, 3.63) is 0 Å². The van der Waals surface area contributed by atoms with Crippen LogP contribution < -0.4 is 56.5 Å². The molecule has 4 aliphatic carbocycles. The number of hydrogen-bond acceptors (Lipinski definition) is 3. The van der Waals surface area contributed by atoms with Crippen LogP contribution in [-0.2, 0) is 4.79 Å². The summed E-state index contributed by atoms with van der Waals surface area (Å²) in [4.78, 5) is 10.9. The van der Waals surface area contributed by atoms with E-state index in [4.69, 9.17) is 0 Å². The fraction of sp³-hybridized carbons (Fsp3) is 0.958. The van der Waals surface area contributed by atoms with E-state index in [1.165, 1.54) is 44.9 Å². The summed E-state index contributed by atoms with van der Waals surface area (Å²) in [5, 5.41) is 21.1. The summed E-state index contributed by atoms with van der Waals surface area (Å²) >= 11 is 0. The molecule has 3 nitrogen and oxygen atoms in total. The molecule has 0 aromatic heterocycles. The van der Waals surface area contributed by atoms with E-state index < -0.39 is 5.97 Å². The van der Waals surface area contributed by atoms with E-state index in [-0.39, 0.29) is 63.9 Å². The van der Waals surface area contributed by atoms with Crippen LogP contribution in [0.15, 0.2) is 0 Å². The first-order valence-corrected chi connectivity index (χ1v) is 11.6. The second-order valence-corrected chi connectivity index (χ2v) is 11.2. The van der Waals surface area contributed by atoms with Crippen LogP contribution in [0, 0.1) is 46.3 Å². The smallest absolute Gasteiger partial charge is 0.550 e. The van der Waals surface area contributed by atoms with Crippen molar-refractivity contribution in [3.8, 4) is 0 Å². The Bertz CT molecular complexity index is 580. The molecule has 0 amide bonds. The van der Waals surface area contributed by atoms with Gasteiger partial charge in [0, 0.05) is 5.97 Å². The Morgan fingerprint density at radius 3 is 2.43 bits per heavy atom. The SMILES string of the molecule is CC(CCC(=O)[O-])C1CCC2C3CC[C@@H]4C[C@H](O)CCC4(C)C3CC[C@]12C.[K+]. The van der Waals surface area contributed by atoms with Crippen LogP contribution in [0.1, 0.15) is 91.4 Å². The van der Waals surface area contributed by atoms with Crippen molar-refractivity contribution in [2.24, 2.45) is 46.3 Å². The predicted molar refractivity (Wildman–Crippen MR) is 105 cm³/mol. The van der Waals surface area contributed by atoms with Gasteiger partial charge < -0.3 is 15.0 Å². The average molecular weight is 415 g/mol. The summed E-state index contributed by atoms with van der Waals surface area (Å²) in [6, 6.07) is 0. The van der Waals surface area contributed by atoms with Crippen molar-refractivity contribution in [1.82, 2.24) is 0 Å². The first-order chi connectivity index (χ1) is 12.8. The quantitative estimate of drug-likeness (QED) is 0.703. The van der Waals surface area contributed by atoms with Gasteiger partial charge in [-0.1, -0.05) is 20.8 Å². The standard InChI is InChI=1S/C24H40O3.K/c1-15(4-9-22(26)27)19-7-8-20-18-6-5-16-14-17(25)10-12-23(16,2)21(18)11-13-24(19,20)3;/h15-21,25H,4-14H2,1-3H3,(H,26,27);/q;+1/p-1/t15?,16-,17-,18?,19?,20?,21?,23?,24-;/m1./s1. The molecular weight excluding hydrogens is 375 g/mol. The Hall–Kier alpha value is 1.07. The molecule has 4 heteroatoms. The van der Waals surface area contributed by atoms with Gasteiger partial charge in [-0.3, -0.25) is 0 Å². The Morgan fingerprint density at radius 2 is 1.71 bits per heavy atom. The van der Waals surface area contributed by atoms with Crippen molar-refractivity contribution in [1.29, 1.82) is 0 Å². The van der Waals surface area contributed by atoms with Gasteiger partial charge in [0.25, 0.3) is 0 Å². The van der Waals surface area contributed by atoms with Crippen LogP contribution in [0.25, 0.3) is 0 Å². The Labute approximate surface area is 214 Å². The third kappa shape index (κ3) is 3.97. The maximum atomic E-state index is 10.9. The van der Waals surface area contributed by atoms with Gasteiger partial charge in [-0.25, -0.2) is 0 Å². The number of fused-ring (bicyclic) bond motifs is 5. The largest absolute Gasteiger partial charge is 1.00 e. The molecule has 0 spiro atoms. The van der Waals surface area contributed by atoms with Gasteiger partial charge in [0.1, 0.15) is 0 Å². The molecule has 0 aromatic rings. The number of aliphatic carboxylic acids is 1. The van der Waals surface area contributed by atoms with E-state index in [0.29, 0.717) is 22.7 Å². The molecule has 0 radical (unpaired) electrons. The van der Waals surface area contributed by atoms with Crippen molar-refractivity contribution in [2.45, 2.75) is 97.5 Å². The summed E-state index contributed by atoms with van der Waals surface area (Å²) in [5.41, 5.74) is 0.853. The van der Waals surface area contributed by atoms with E-state index in [9.17, 15) is 15.0 Å². The van der Waals surface area contributed by atoms with Gasteiger partial charge >= 0.3 is 51.4 Å². The van der Waals surface area contributed by atoms with Crippen LogP contribution in [0.5, 0.6) is 0 Å². The molecule has 4 fully saturated rings. The Morgan fingerprint density at radius 1 is 1.04 bits per heavy atom. The van der Waals surface area contributed by atoms with E-state index in [1.807, 2.05) is 0 Å². The van der Waals surface area contributed by atoms with Gasteiger partial charge in [-0.2, -0.15) is 0 Å². The zero-order valence-corrected chi connectivity index (χ0v) is 21.7. The molecule has 4 saturated carbocycles. The van der Waals surface area contributed by atoms with Gasteiger partial charge in [0.05, 0.1) is 6.10 Å². The Balaban J connectivity index is 0.00000225. The molecule has 0 heterocycles. The molecule has 1 N–H and O–H groups in total. The summed E-state index contributed by atoms with van der Waals surface area (Å²) in [6.07, 6.45) is 12.2. The van der Waals surface area contributed by atoms with E-state index in [1.54, 1.807) is 0 Å². The molecule has 0 bridgehead atoms. The number of aliphatic hydroxyl groups excluding tert-OH is 1. The van der Waals surface area contributed by atoms with E-state index in [0.717, 1.165) is 42.9 Å². The van der Waals surface area contributed by atoms with Crippen molar-refractivity contribution in [2.75, 3.05) is 0 Å². The van der Waals surface area contributed by atoms with Crippen molar-refractivity contribution in [3.63, 3.8) is 0 Å². The number of carbonyl (C=O) groups excluding carboxylic acids is 1. The summed E-state index contributed by atoms with van der Waals surface area (Å²) < 4.78 is 0. The van der Waals surface area contributed by atoms with Crippen LogP contribution in [0.4, 0.5) is 0 Å². The molecule has 28 heavy (non-hydrogen) atoms. The number of hydrogen-bond donors (Lipinski definition) is 1. The number of rotatable bonds is 4. The average Bonchev–Trinajstić information content (AvgIpc) is 2.97. The maximum Gasteiger partial charge on any atom is 1.00 e. The zero-order valence-electron chi connectivity index (χ0n) is 18.6. The molecule has 0 saturated heterocycles. The molecule has 154 valence electrons. The minimum Gasteiger partial charge on any atom is -0.550 e. The normalized spacial score (nSPS) is 48.6. The molecule has 6 unspecified atom stereocenters. The summed E-state index contributed by atoms with van der Waals surface area (Å²) in [5.74, 6) is 3.55. The maximum absolute atomic E-state index is 10.9. The number of carboxylic acids is 1. The molecule has 0 aliphatic heterocycles. The van der Waals surface area contributed by atoms with Crippen LogP contribution in [-0.4, -0.2) is 17.2 Å². The number of carbonyl (C=O) groups is 1. The third-order valence-corrected chi connectivity index (χ3v) is 10.2. The van der Waals surface area contributed by atoms with E-state index in [2.05, 4.69) is 20.8 Å². The first-order valence-electron chi connectivity index (χ1n) is 11.6. The fourth-order valence-electron chi connectivity index (χ4n) is 8.76. The molecule has 4 rings (SSSR count). The van der Waals surface area contributed by atoms with Crippen LogP contribution >= 0.6 is 0 Å². The molecule has 4 aliphatic rings. The number of carboxylic acid groups (broad SMARTS) is 1. The minimum absolute atomic E-state index is 0. The summed E-state index contributed by atoms with van der Waals surface area (Å²) in [7, 11) is 0. The summed E-state index contributed by atoms with van der Waals surface area (Å²) in [6.45, 7) is 7.38. The van der Waals surface area contributed by atoms with E-state index >= 15 is 0 Å². The van der Waals surface area contributed by atoms with Gasteiger partial charge in [-0.15, -0.1) is 0 Å². The van der Waals surface area contributed by atoms with Crippen LogP contribution in [0.3, 0.4) is 0 Å². The second-order valence-electron chi connectivity index (χ2n) is 11.2. The van der Waals surface area contributed by atoms with Crippen LogP contribution in [0.2, 0.25) is 0 Å². The van der Waals surface area contributed by atoms with Gasteiger partial charge in [0.2, 0.25) is 0 Å². The minimum atomic E-state index is -0.893. The van der Waals surface area contributed by atoms with Gasteiger partial charge in [-0.05, 0) is 117 Å². The molecule has 9 atom stereocenters. The van der Waals surface area contributed by atoms with Gasteiger partial charge in [0.15, 0.2) is 0 Å². The van der Waals surface area contributed by atoms with Crippen molar-refractivity contribution >= 4 is 5.97 Å². The Kier molecular flexibility index (Phi) is 7.54.